The Morgan fingerprint density at radius 1 is 1.16 bits per heavy atom. The molecule has 102 valence electrons. The van der Waals surface area contributed by atoms with Gasteiger partial charge in [-0.25, -0.2) is 4.98 Å². The van der Waals surface area contributed by atoms with E-state index in [9.17, 15) is 0 Å². The Morgan fingerprint density at radius 3 is 2.58 bits per heavy atom. The molecular formula is C16H23N3. The average molecular weight is 257 g/mol. The first kappa shape index (κ1) is 13.8. The number of aromatic amines is 1. The number of H-pyrrole nitrogens is 1. The van der Waals surface area contributed by atoms with Gasteiger partial charge in [-0.1, -0.05) is 36.2 Å². The molecule has 1 heterocycles. The minimum atomic E-state index is 0.869. The molecule has 3 heteroatoms. The Hall–Kier alpha value is -1.61. The van der Waals surface area contributed by atoms with Crippen molar-refractivity contribution in [3.05, 3.63) is 52.6 Å². The Morgan fingerprint density at radius 2 is 1.89 bits per heavy atom. The number of rotatable bonds is 6. The van der Waals surface area contributed by atoms with Gasteiger partial charge in [-0.2, -0.15) is 0 Å². The van der Waals surface area contributed by atoms with E-state index in [1.165, 1.54) is 16.7 Å². The maximum atomic E-state index is 4.45. The van der Waals surface area contributed by atoms with Crippen molar-refractivity contribution < 1.29 is 0 Å². The summed E-state index contributed by atoms with van der Waals surface area (Å²) >= 11 is 0. The van der Waals surface area contributed by atoms with Crippen LogP contribution in [0.3, 0.4) is 0 Å². The summed E-state index contributed by atoms with van der Waals surface area (Å²) in [5.41, 5.74) is 5.10. The lowest BCUT2D eigenvalue weighted by Gasteiger charge is -2.03. The van der Waals surface area contributed by atoms with Crippen LogP contribution >= 0.6 is 0 Å². The van der Waals surface area contributed by atoms with Crippen molar-refractivity contribution in [1.29, 1.82) is 0 Å². The summed E-state index contributed by atoms with van der Waals surface area (Å²) in [4.78, 5) is 7.84. The molecule has 0 amide bonds. The highest BCUT2D eigenvalue weighted by Crippen LogP contribution is 2.12. The summed E-state index contributed by atoms with van der Waals surface area (Å²) in [6, 6.07) is 6.65. The van der Waals surface area contributed by atoms with Crippen molar-refractivity contribution in [1.82, 2.24) is 15.3 Å². The second-order valence-corrected chi connectivity index (χ2v) is 5.20. The van der Waals surface area contributed by atoms with Crippen molar-refractivity contribution in [2.75, 3.05) is 6.54 Å². The molecule has 1 aromatic carbocycles. The summed E-state index contributed by atoms with van der Waals surface area (Å²) in [6.45, 7) is 8.36. The van der Waals surface area contributed by atoms with Gasteiger partial charge in [0.2, 0.25) is 0 Å². The zero-order valence-electron chi connectivity index (χ0n) is 12.1. The lowest BCUT2D eigenvalue weighted by atomic mass is 10.1. The molecule has 0 atom stereocenters. The monoisotopic (exact) mass is 257 g/mol. The van der Waals surface area contributed by atoms with E-state index in [0.29, 0.717) is 0 Å². The van der Waals surface area contributed by atoms with Crippen LogP contribution in [0.15, 0.2) is 24.4 Å². The number of hydrogen-bond acceptors (Lipinski definition) is 2. The molecule has 0 aliphatic rings. The van der Waals surface area contributed by atoms with Crippen molar-refractivity contribution in [2.24, 2.45) is 0 Å². The molecule has 0 saturated carbocycles. The average Bonchev–Trinajstić information content (AvgIpc) is 2.76. The van der Waals surface area contributed by atoms with Crippen molar-refractivity contribution in [3.63, 3.8) is 0 Å². The molecular weight excluding hydrogens is 234 g/mol. The van der Waals surface area contributed by atoms with Crippen LogP contribution in [0.25, 0.3) is 0 Å². The number of hydrogen-bond donors (Lipinski definition) is 2. The van der Waals surface area contributed by atoms with Gasteiger partial charge in [0.25, 0.3) is 0 Å². The second kappa shape index (κ2) is 6.53. The standard InChI is InChI=1S/C16H23N3/c1-4-5-17-10-15-11-18-16(19-15)9-14-7-12(2)6-13(3)8-14/h6-8,11,17H,4-5,9-10H2,1-3H3,(H,18,19). The molecule has 0 fully saturated rings. The number of aromatic nitrogens is 2. The van der Waals surface area contributed by atoms with E-state index in [1.54, 1.807) is 0 Å². The molecule has 0 aliphatic carbocycles. The topological polar surface area (TPSA) is 40.7 Å². The second-order valence-electron chi connectivity index (χ2n) is 5.20. The Balaban J connectivity index is 1.99. The van der Waals surface area contributed by atoms with Crippen LogP contribution in [0.5, 0.6) is 0 Å². The van der Waals surface area contributed by atoms with Gasteiger partial charge in [-0.15, -0.1) is 0 Å². The molecule has 2 aromatic rings. The molecule has 0 aliphatic heterocycles. The first-order valence-corrected chi connectivity index (χ1v) is 6.98. The van der Waals surface area contributed by atoms with E-state index in [4.69, 9.17) is 0 Å². The number of aryl methyl sites for hydroxylation is 2. The Kier molecular flexibility index (Phi) is 4.74. The third-order valence-corrected chi connectivity index (χ3v) is 3.08. The lowest BCUT2D eigenvalue weighted by Crippen LogP contribution is -2.13. The van der Waals surface area contributed by atoms with Gasteiger partial charge < -0.3 is 10.3 Å². The highest BCUT2D eigenvalue weighted by Gasteiger charge is 2.03. The molecule has 0 unspecified atom stereocenters. The van der Waals surface area contributed by atoms with E-state index >= 15 is 0 Å². The predicted octanol–water partition coefficient (Wildman–Crippen LogP) is 3.12. The largest absolute Gasteiger partial charge is 0.345 e. The Bertz CT molecular complexity index is 508. The van der Waals surface area contributed by atoms with Crippen LogP contribution in [-0.2, 0) is 13.0 Å². The molecule has 0 saturated heterocycles. The highest BCUT2D eigenvalue weighted by atomic mass is 15.0. The van der Waals surface area contributed by atoms with Gasteiger partial charge in [-0.3, -0.25) is 0 Å². The van der Waals surface area contributed by atoms with Gasteiger partial charge in [-0.05, 0) is 32.4 Å². The van der Waals surface area contributed by atoms with Crippen LogP contribution < -0.4 is 5.32 Å². The summed E-state index contributed by atoms with van der Waals surface area (Å²) in [5, 5.41) is 3.38. The zero-order chi connectivity index (χ0) is 13.7. The van der Waals surface area contributed by atoms with Gasteiger partial charge >= 0.3 is 0 Å². The maximum absolute atomic E-state index is 4.45. The lowest BCUT2D eigenvalue weighted by molar-refractivity contribution is 0.665. The molecule has 3 nitrogen and oxygen atoms in total. The zero-order valence-corrected chi connectivity index (χ0v) is 12.1. The van der Waals surface area contributed by atoms with Gasteiger partial charge in [0.1, 0.15) is 5.82 Å². The third-order valence-electron chi connectivity index (χ3n) is 3.08. The smallest absolute Gasteiger partial charge is 0.110 e. The minimum Gasteiger partial charge on any atom is -0.345 e. The molecule has 2 N–H and O–H groups in total. The van der Waals surface area contributed by atoms with Crippen LogP contribution in [-0.4, -0.2) is 16.5 Å². The van der Waals surface area contributed by atoms with Crippen molar-refractivity contribution >= 4 is 0 Å². The molecule has 2 rings (SSSR count). The molecule has 1 aromatic heterocycles. The van der Waals surface area contributed by atoms with Crippen LogP contribution in [0.4, 0.5) is 0 Å². The minimum absolute atomic E-state index is 0.869. The van der Waals surface area contributed by atoms with Crippen LogP contribution in [0.2, 0.25) is 0 Å². The maximum Gasteiger partial charge on any atom is 0.110 e. The van der Waals surface area contributed by atoms with Gasteiger partial charge in [0, 0.05) is 24.9 Å². The number of imidazole rings is 1. The number of nitrogens with one attached hydrogen (secondary N) is 2. The Labute approximate surface area is 115 Å². The van der Waals surface area contributed by atoms with Crippen molar-refractivity contribution in [3.8, 4) is 0 Å². The van der Waals surface area contributed by atoms with Crippen molar-refractivity contribution in [2.45, 2.75) is 40.2 Å². The van der Waals surface area contributed by atoms with E-state index in [2.05, 4.69) is 54.3 Å². The van der Waals surface area contributed by atoms with E-state index in [0.717, 1.165) is 37.4 Å². The van der Waals surface area contributed by atoms with E-state index in [-0.39, 0.29) is 0 Å². The first-order chi connectivity index (χ1) is 9.17. The fourth-order valence-electron chi connectivity index (χ4n) is 2.35. The molecule has 0 bridgehead atoms. The number of nitrogens with zero attached hydrogens (tertiary/aromatic N) is 1. The normalized spacial score (nSPS) is 10.9. The van der Waals surface area contributed by atoms with Crippen LogP contribution in [0.1, 0.15) is 41.6 Å². The van der Waals surface area contributed by atoms with E-state index < -0.39 is 0 Å². The summed E-state index contributed by atoms with van der Waals surface area (Å²) < 4.78 is 0. The predicted molar refractivity (Wildman–Crippen MR) is 79.3 cm³/mol. The molecule has 0 radical (unpaired) electrons. The first-order valence-electron chi connectivity index (χ1n) is 6.98. The van der Waals surface area contributed by atoms with Gasteiger partial charge in [0.15, 0.2) is 0 Å². The fourth-order valence-corrected chi connectivity index (χ4v) is 2.35. The molecule has 19 heavy (non-hydrogen) atoms. The summed E-state index contributed by atoms with van der Waals surface area (Å²) in [7, 11) is 0. The number of benzene rings is 1. The molecule has 0 spiro atoms. The van der Waals surface area contributed by atoms with Gasteiger partial charge in [0.05, 0.1) is 0 Å². The highest BCUT2D eigenvalue weighted by molar-refractivity contribution is 5.30. The SMILES string of the molecule is CCCNCc1cnc(Cc2cc(C)cc(C)c2)[nH]1. The fraction of sp³-hybridized carbons (Fsp3) is 0.438. The third kappa shape index (κ3) is 4.21. The summed E-state index contributed by atoms with van der Waals surface area (Å²) in [5.74, 6) is 1.04. The van der Waals surface area contributed by atoms with E-state index in [1.807, 2.05) is 6.20 Å². The summed E-state index contributed by atoms with van der Waals surface area (Å²) in [6.07, 6.45) is 3.96. The quantitative estimate of drug-likeness (QED) is 0.781. The van der Waals surface area contributed by atoms with Crippen LogP contribution in [0, 0.1) is 13.8 Å².